The molecule has 4 aromatic rings. The smallest absolute Gasteiger partial charge is 0.343 e. The normalized spacial score (nSPS) is 11.2. The van der Waals surface area contributed by atoms with Gasteiger partial charge < -0.3 is 15.0 Å². The molecule has 0 heterocycles. The number of hydrazone groups is 1. The molecule has 0 radical (unpaired) electrons. The number of hydrogen-bond acceptors (Lipinski definition) is 6. The van der Waals surface area contributed by atoms with Gasteiger partial charge in [-0.3, -0.25) is 9.59 Å². The minimum atomic E-state index is -0.649. The average molecular weight is 690 g/mol. The molecule has 4 aromatic carbocycles. The molecular weight excluding hydrogens is 664 g/mol. The minimum absolute atomic E-state index is 0.00948. The average Bonchev–Trinajstić information content (AvgIpc) is 2.99. The highest BCUT2D eigenvalue weighted by Gasteiger charge is 2.17. The van der Waals surface area contributed by atoms with Crippen molar-refractivity contribution in [3.05, 3.63) is 134 Å². The number of amides is 2. The van der Waals surface area contributed by atoms with Crippen molar-refractivity contribution in [3.8, 4) is 5.75 Å². The molecule has 2 N–H and O–H groups in total. The lowest BCUT2D eigenvalue weighted by molar-refractivity contribution is -0.117. The van der Waals surface area contributed by atoms with Crippen molar-refractivity contribution >= 4 is 67.6 Å². The molecule has 0 saturated carbocycles. The van der Waals surface area contributed by atoms with Gasteiger partial charge in [0.05, 0.1) is 16.3 Å². The quantitative estimate of drug-likeness (QED) is 0.0695. The lowest BCUT2D eigenvalue weighted by atomic mass is 10.1. The van der Waals surface area contributed by atoms with Gasteiger partial charge in [-0.15, -0.1) is 0 Å². The van der Waals surface area contributed by atoms with Crippen molar-refractivity contribution in [3.63, 3.8) is 0 Å². The number of rotatable bonds is 9. The Hall–Kier alpha value is -4.54. The number of benzene rings is 4. The highest BCUT2D eigenvalue weighted by Crippen LogP contribution is 2.32. The zero-order valence-electron chi connectivity index (χ0n) is 22.7. The minimum Gasteiger partial charge on any atom is -0.421 e. The largest absolute Gasteiger partial charge is 0.421 e. The lowest BCUT2D eigenvalue weighted by Crippen LogP contribution is -2.32. The summed E-state index contributed by atoms with van der Waals surface area (Å²) in [4.78, 5) is 40.8. The third kappa shape index (κ3) is 8.25. The molecule has 0 bridgehead atoms. The maximum absolute atomic E-state index is 13.2. The lowest BCUT2D eigenvalue weighted by Gasteiger charge is -2.13. The Kier molecular flexibility index (Phi) is 10.4. The Morgan fingerprint density at radius 2 is 1.45 bits per heavy atom. The molecule has 8 nitrogen and oxygen atoms in total. The van der Waals surface area contributed by atoms with E-state index in [4.69, 9.17) is 4.74 Å². The first-order valence-corrected chi connectivity index (χ1v) is 14.2. The van der Waals surface area contributed by atoms with Gasteiger partial charge >= 0.3 is 5.97 Å². The Labute approximate surface area is 260 Å². The van der Waals surface area contributed by atoms with Gasteiger partial charge in [0.1, 0.15) is 5.70 Å². The number of ether oxygens (including phenoxy) is 1. The molecule has 0 aliphatic carbocycles. The second kappa shape index (κ2) is 14.4. The number of carbonyl (C=O) groups is 3. The fourth-order valence-corrected chi connectivity index (χ4v) is 5.05. The highest BCUT2D eigenvalue weighted by molar-refractivity contribution is 9.11. The van der Waals surface area contributed by atoms with Crippen LogP contribution in [-0.2, 0) is 4.79 Å². The van der Waals surface area contributed by atoms with Crippen LogP contribution in [0.2, 0.25) is 0 Å². The Balaban J connectivity index is 1.57. The molecule has 0 unspecified atom stereocenters. The van der Waals surface area contributed by atoms with Crippen LogP contribution in [0.4, 0.5) is 5.69 Å². The van der Waals surface area contributed by atoms with E-state index in [0.29, 0.717) is 31.2 Å². The summed E-state index contributed by atoms with van der Waals surface area (Å²) in [6.07, 6.45) is 2.91. The van der Waals surface area contributed by atoms with Crippen LogP contribution in [0.25, 0.3) is 6.08 Å². The molecule has 10 heteroatoms. The molecule has 0 aliphatic rings. The predicted molar refractivity (Wildman–Crippen MR) is 172 cm³/mol. The van der Waals surface area contributed by atoms with E-state index in [-0.39, 0.29) is 11.4 Å². The highest BCUT2D eigenvalue weighted by atomic mass is 79.9. The summed E-state index contributed by atoms with van der Waals surface area (Å²) in [5.41, 5.74) is 5.33. The van der Waals surface area contributed by atoms with Gasteiger partial charge in [0.25, 0.3) is 11.8 Å². The van der Waals surface area contributed by atoms with Gasteiger partial charge in [-0.25, -0.2) is 10.2 Å². The van der Waals surface area contributed by atoms with E-state index in [0.717, 1.165) is 5.69 Å². The van der Waals surface area contributed by atoms with Gasteiger partial charge in [0, 0.05) is 35.4 Å². The molecule has 0 spiro atoms. The zero-order valence-corrected chi connectivity index (χ0v) is 25.8. The number of anilines is 1. The van der Waals surface area contributed by atoms with Crippen molar-refractivity contribution < 1.29 is 19.1 Å². The summed E-state index contributed by atoms with van der Waals surface area (Å²) in [6, 6.07) is 28.1. The van der Waals surface area contributed by atoms with Crippen molar-refractivity contribution in [2.45, 2.75) is 0 Å². The molecule has 0 saturated heterocycles. The van der Waals surface area contributed by atoms with Crippen LogP contribution in [0.5, 0.6) is 5.75 Å². The van der Waals surface area contributed by atoms with Crippen molar-refractivity contribution in [2.24, 2.45) is 5.10 Å². The summed E-state index contributed by atoms with van der Waals surface area (Å²) in [7, 11) is 3.86. The summed E-state index contributed by atoms with van der Waals surface area (Å²) in [6.45, 7) is 0. The zero-order chi connectivity index (χ0) is 30.1. The Morgan fingerprint density at radius 1 is 0.833 bits per heavy atom. The molecule has 0 fully saturated rings. The third-order valence-electron chi connectivity index (χ3n) is 5.86. The van der Waals surface area contributed by atoms with Crippen LogP contribution in [0, 0.1) is 0 Å². The van der Waals surface area contributed by atoms with E-state index in [1.54, 1.807) is 78.9 Å². The second-order valence-corrected chi connectivity index (χ2v) is 10.9. The summed E-state index contributed by atoms with van der Waals surface area (Å²) in [5, 5.41) is 6.77. The Bertz CT molecular complexity index is 1640. The van der Waals surface area contributed by atoms with E-state index < -0.39 is 17.8 Å². The molecule has 212 valence electrons. The number of halogens is 2. The number of nitrogens with zero attached hydrogens (tertiary/aromatic N) is 2. The first-order valence-electron chi connectivity index (χ1n) is 12.7. The first-order chi connectivity index (χ1) is 20.2. The van der Waals surface area contributed by atoms with Crippen molar-refractivity contribution in [2.75, 3.05) is 19.0 Å². The topological polar surface area (TPSA) is 100 Å². The number of carbonyl (C=O) groups excluding carboxylic acids is 3. The van der Waals surface area contributed by atoms with Crippen LogP contribution < -0.4 is 20.4 Å². The molecule has 0 atom stereocenters. The maximum atomic E-state index is 13.2. The van der Waals surface area contributed by atoms with Crippen molar-refractivity contribution in [1.29, 1.82) is 0 Å². The second-order valence-electron chi connectivity index (χ2n) is 9.12. The van der Waals surface area contributed by atoms with Crippen LogP contribution >= 0.6 is 31.9 Å². The molecule has 42 heavy (non-hydrogen) atoms. The molecule has 0 aliphatic heterocycles. The van der Waals surface area contributed by atoms with E-state index in [2.05, 4.69) is 47.7 Å². The maximum Gasteiger partial charge on any atom is 0.343 e. The molecule has 4 rings (SSSR count). The molecular formula is C32H26Br2N4O4. The summed E-state index contributed by atoms with van der Waals surface area (Å²) < 4.78 is 6.85. The van der Waals surface area contributed by atoms with E-state index in [1.807, 2.05) is 43.3 Å². The van der Waals surface area contributed by atoms with Crippen LogP contribution in [0.3, 0.4) is 0 Å². The van der Waals surface area contributed by atoms with E-state index >= 15 is 0 Å². The number of nitrogens with one attached hydrogen (secondary N) is 2. The predicted octanol–water partition coefficient (Wildman–Crippen LogP) is 6.42. The molecule has 0 aromatic heterocycles. The van der Waals surface area contributed by atoms with Crippen molar-refractivity contribution in [1.82, 2.24) is 10.7 Å². The van der Waals surface area contributed by atoms with Crippen LogP contribution in [0.15, 0.2) is 117 Å². The summed E-state index contributed by atoms with van der Waals surface area (Å²) >= 11 is 6.85. The SMILES string of the molecule is CN(C)c1ccc(/C=C(\NC(=O)c2ccccc2)C(=O)N/N=C/c2cc(Br)cc(Br)c2OC(=O)c2ccccc2)cc1. The van der Waals surface area contributed by atoms with Crippen LogP contribution in [-0.4, -0.2) is 38.1 Å². The standard InChI is InChI=1S/C32H26Br2N4O4/c1-38(2)26-15-13-21(14-16-26)17-28(36-30(39)22-9-5-3-6-10-22)31(40)37-35-20-24-18-25(33)19-27(34)29(24)42-32(41)23-11-7-4-8-12-23/h3-20H,1-2H3,(H,36,39)(H,37,40)/b28-17-,35-20+. The van der Waals surface area contributed by atoms with E-state index in [1.165, 1.54) is 6.21 Å². The van der Waals surface area contributed by atoms with Gasteiger partial charge in [-0.1, -0.05) is 64.5 Å². The Morgan fingerprint density at radius 3 is 2.07 bits per heavy atom. The third-order valence-corrected chi connectivity index (χ3v) is 6.91. The first kappa shape index (κ1) is 30.4. The summed E-state index contributed by atoms with van der Waals surface area (Å²) in [5.74, 6) is -1.42. The molecule has 2 amide bonds. The number of hydrogen-bond donors (Lipinski definition) is 2. The van der Waals surface area contributed by atoms with Gasteiger partial charge in [0.15, 0.2) is 5.75 Å². The van der Waals surface area contributed by atoms with Gasteiger partial charge in [-0.05, 0) is 76.1 Å². The number of esters is 1. The monoisotopic (exact) mass is 688 g/mol. The fraction of sp³-hybridized carbons (Fsp3) is 0.0625. The van der Waals surface area contributed by atoms with Gasteiger partial charge in [0.2, 0.25) is 0 Å². The van der Waals surface area contributed by atoms with Gasteiger partial charge in [-0.2, -0.15) is 5.10 Å². The van der Waals surface area contributed by atoms with Crippen LogP contribution in [0.1, 0.15) is 31.8 Å². The van der Waals surface area contributed by atoms with E-state index in [9.17, 15) is 14.4 Å². The fourth-order valence-electron chi connectivity index (χ4n) is 3.71.